The molecule has 0 radical (unpaired) electrons. The Morgan fingerprint density at radius 3 is 2.64 bits per heavy atom. The van der Waals surface area contributed by atoms with Crippen LogP contribution in [0.25, 0.3) is 0 Å². The van der Waals surface area contributed by atoms with E-state index in [0.717, 1.165) is 16.8 Å². The van der Waals surface area contributed by atoms with Crippen molar-refractivity contribution in [3.63, 3.8) is 0 Å². The lowest BCUT2D eigenvalue weighted by Gasteiger charge is -2.29. The second-order valence-corrected chi connectivity index (χ2v) is 6.89. The number of rotatable bonds is 3. The summed E-state index contributed by atoms with van der Waals surface area (Å²) < 4.78 is 0. The Bertz CT molecular complexity index is 830. The molecule has 2 aliphatic rings. The fourth-order valence-electron chi connectivity index (χ4n) is 2.98. The van der Waals surface area contributed by atoms with E-state index in [1.54, 1.807) is 24.3 Å². The van der Waals surface area contributed by atoms with E-state index >= 15 is 0 Å². The van der Waals surface area contributed by atoms with Crippen LogP contribution in [0.1, 0.15) is 19.4 Å². The van der Waals surface area contributed by atoms with Gasteiger partial charge in [-0.05, 0) is 41.3 Å². The fraction of sp³-hybridized carbons (Fsp3) is 0.250. The third-order valence-corrected chi connectivity index (χ3v) is 4.46. The molecule has 1 heterocycles. The van der Waals surface area contributed by atoms with Gasteiger partial charge in [0.1, 0.15) is 0 Å². The molecule has 3 rings (SSSR count). The number of nitrogens with one attached hydrogen (secondary N) is 1. The maximum Gasteiger partial charge on any atom is 0.250 e. The van der Waals surface area contributed by atoms with E-state index in [2.05, 4.69) is 24.2 Å². The molecular formula is C20H19ClN2O2. The molecule has 1 aliphatic carbocycles. The highest BCUT2D eigenvalue weighted by molar-refractivity contribution is 6.30. The SMILES string of the molecule is CC(C)C1=CC(=O)NC2=CC(=NC(=O)Cc3ccc(Cl)cc3)C=CC21. The predicted molar refractivity (Wildman–Crippen MR) is 99.4 cm³/mol. The Balaban J connectivity index is 1.77. The van der Waals surface area contributed by atoms with Crippen molar-refractivity contribution in [2.75, 3.05) is 0 Å². The van der Waals surface area contributed by atoms with E-state index in [1.165, 1.54) is 0 Å². The highest BCUT2D eigenvalue weighted by Crippen LogP contribution is 2.31. The molecule has 1 unspecified atom stereocenters. The summed E-state index contributed by atoms with van der Waals surface area (Å²) >= 11 is 5.85. The highest BCUT2D eigenvalue weighted by atomic mass is 35.5. The number of aliphatic imine (C=N–C) groups is 1. The third-order valence-electron chi connectivity index (χ3n) is 4.21. The van der Waals surface area contributed by atoms with Crippen LogP contribution in [0.5, 0.6) is 0 Å². The largest absolute Gasteiger partial charge is 0.325 e. The molecule has 0 bridgehead atoms. The molecule has 2 amide bonds. The van der Waals surface area contributed by atoms with Gasteiger partial charge in [0, 0.05) is 22.7 Å². The molecule has 1 aromatic rings. The molecule has 0 spiro atoms. The normalized spacial score (nSPS) is 20.9. The predicted octanol–water partition coefficient (Wildman–Crippen LogP) is 3.63. The van der Waals surface area contributed by atoms with Crippen LogP contribution in [0, 0.1) is 11.8 Å². The van der Waals surface area contributed by atoms with Crippen molar-refractivity contribution >= 4 is 29.1 Å². The number of halogens is 1. The quantitative estimate of drug-likeness (QED) is 0.901. The zero-order valence-corrected chi connectivity index (χ0v) is 14.9. The summed E-state index contributed by atoms with van der Waals surface area (Å²) in [5, 5.41) is 3.48. The van der Waals surface area contributed by atoms with Gasteiger partial charge in [0.2, 0.25) is 5.91 Å². The summed E-state index contributed by atoms with van der Waals surface area (Å²) in [5.41, 5.74) is 3.25. The fourth-order valence-corrected chi connectivity index (χ4v) is 3.10. The number of amides is 2. The molecule has 5 heteroatoms. The summed E-state index contributed by atoms with van der Waals surface area (Å²) in [6.07, 6.45) is 7.46. The van der Waals surface area contributed by atoms with Crippen LogP contribution in [0.15, 0.2) is 64.8 Å². The number of allylic oxidation sites excluding steroid dienone is 3. The smallest absolute Gasteiger partial charge is 0.250 e. The van der Waals surface area contributed by atoms with Gasteiger partial charge < -0.3 is 5.32 Å². The minimum Gasteiger partial charge on any atom is -0.325 e. The van der Waals surface area contributed by atoms with E-state index in [9.17, 15) is 9.59 Å². The molecule has 1 atom stereocenters. The molecule has 0 fully saturated rings. The molecule has 1 aromatic carbocycles. The van der Waals surface area contributed by atoms with Gasteiger partial charge in [-0.25, -0.2) is 4.99 Å². The van der Waals surface area contributed by atoms with Gasteiger partial charge in [-0.2, -0.15) is 0 Å². The molecule has 0 saturated carbocycles. The van der Waals surface area contributed by atoms with E-state index in [1.807, 2.05) is 24.3 Å². The van der Waals surface area contributed by atoms with Crippen LogP contribution in [0.2, 0.25) is 5.02 Å². The van der Waals surface area contributed by atoms with Crippen molar-refractivity contribution in [3.05, 3.63) is 70.4 Å². The minimum absolute atomic E-state index is 0.0445. The van der Waals surface area contributed by atoms with Crippen molar-refractivity contribution in [2.24, 2.45) is 16.8 Å². The second kappa shape index (κ2) is 7.19. The van der Waals surface area contributed by atoms with E-state index in [4.69, 9.17) is 11.6 Å². The molecule has 0 aromatic heterocycles. The van der Waals surface area contributed by atoms with Crippen LogP contribution >= 0.6 is 11.6 Å². The average molecular weight is 355 g/mol. The van der Waals surface area contributed by atoms with Crippen LogP contribution in [-0.4, -0.2) is 17.5 Å². The van der Waals surface area contributed by atoms with E-state index < -0.39 is 0 Å². The lowest BCUT2D eigenvalue weighted by atomic mass is 9.82. The first-order chi connectivity index (χ1) is 11.9. The molecular weight excluding hydrogens is 336 g/mol. The van der Waals surface area contributed by atoms with Gasteiger partial charge in [0.25, 0.3) is 5.91 Å². The standard InChI is InChI=1S/C20H19ClN2O2/c1-12(2)17-11-20(25)23-18-10-15(7-8-16(17)18)22-19(24)9-13-3-5-14(21)6-4-13/h3-8,10-12,16H,9H2,1-2H3,(H,23,25). The number of nitrogens with zero attached hydrogens (tertiary/aromatic N) is 1. The zero-order valence-electron chi connectivity index (χ0n) is 14.1. The lowest BCUT2D eigenvalue weighted by molar-refractivity contribution is -0.117. The van der Waals surface area contributed by atoms with Crippen LogP contribution in [0.3, 0.4) is 0 Å². The van der Waals surface area contributed by atoms with Crippen molar-refractivity contribution in [2.45, 2.75) is 20.3 Å². The summed E-state index contributed by atoms with van der Waals surface area (Å²) in [6.45, 7) is 4.13. The zero-order chi connectivity index (χ0) is 18.0. The summed E-state index contributed by atoms with van der Waals surface area (Å²) in [5.74, 6) is -0.0514. The Morgan fingerprint density at radius 1 is 1.24 bits per heavy atom. The van der Waals surface area contributed by atoms with Gasteiger partial charge in [0.15, 0.2) is 0 Å². The van der Waals surface area contributed by atoms with Crippen LogP contribution < -0.4 is 5.32 Å². The number of hydrogen-bond donors (Lipinski definition) is 1. The van der Waals surface area contributed by atoms with Crippen LogP contribution in [-0.2, 0) is 16.0 Å². The molecule has 128 valence electrons. The summed E-state index contributed by atoms with van der Waals surface area (Å²) in [6, 6.07) is 7.13. The number of carbonyl (C=O) groups is 2. The Labute approximate surface area is 152 Å². The van der Waals surface area contributed by atoms with Gasteiger partial charge in [-0.3, -0.25) is 9.59 Å². The first kappa shape index (κ1) is 17.4. The summed E-state index contributed by atoms with van der Waals surface area (Å²) in [4.78, 5) is 28.2. The van der Waals surface area contributed by atoms with Crippen molar-refractivity contribution in [1.82, 2.24) is 5.32 Å². The molecule has 1 aliphatic heterocycles. The third kappa shape index (κ3) is 4.15. The number of fused-ring (bicyclic) bond motifs is 1. The first-order valence-electron chi connectivity index (χ1n) is 8.20. The lowest BCUT2D eigenvalue weighted by Crippen LogP contribution is -2.34. The number of benzene rings is 1. The van der Waals surface area contributed by atoms with Crippen molar-refractivity contribution in [1.29, 1.82) is 0 Å². The average Bonchev–Trinajstić information content (AvgIpc) is 2.55. The number of carbonyl (C=O) groups excluding carboxylic acids is 2. The molecule has 25 heavy (non-hydrogen) atoms. The van der Waals surface area contributed by atoms with Crippen LogP contribution in [0.4, 0.5) is 0 Å². The molecule has 4 nitrogen and oxygen atoms in total. The van der Waals surface area contributed by atoms with E-state index in [0.29, 0.717) is 10.7 Å². The van der Waals surface area contributed by atoms with Gasteiger partial charge >= 0.3 is 0 Å². The summed E-state index contributed by atoms with van der Waals surface area (Å²) in [7, 11) is 0. The molecule has 1 N–H and O–H groups in total. The highest BCUT2D eigenvalue weighted by Gasteiger charge is 2.27. The maximum atomic E-state index is 12.2. The van der Waals surface area contributed by atoms with Gasteiger partial charge in [-0.15, -0.1) is 0 Å². The maximum absolute atomic E-state index is 12.2. The Hall–Kier alpha value is -2.46. The Kier molecular flexibility index (Phi) is 5.00. The topological polar surface area (TPSA) is 58.5 Å². The van der Waals surface area contributed by atoms with Crippen molar-refractivity contribution < 1.29 is 9.59 Å². The molecule has 0 saturated heterocycles. The van der Waals surface area contributed by atoms with Gasteiger partial charge in [-0.1, -0.05) is 43.7 Å². The van der Waals surface area contributed by atoms with E-state index in [-0.39, 0.29) is 30.1 Å². The number of hydrogen-bond acceptors (Lipinski definition) is 2. The monoisotopic (exact) mass is 354 g/mol. The second-order valence-electron chi connectivity index (χ2n) is 6.46. The van der Waals surface area contributed by atoms with Gasteiger partial charge in [0.05, 0.1) is 12.1 Å². The van der Waals surface area contributed by atoms with Crippen molar-refractivity contribution in [3.8, 4) is 0 Å². The Morgan fingerprint density at radius 2 is 1.96 bits per heavy atom. The minimum atomic E-state index is -0.237. The first-order valence-corrected chi connectivity index (χ1v) is 8.58.